The summed E-state index contributed by atoms with van der Waals surface area (Å²) in [6.07, 6.45) is 1.02. The lowest BCUT2D eigenvalue weighted by atomic mass is 10.1. The highest BCUT2D eigenvalue weighted by atomic mass is 16.2. The lowest BCUT2D eigenvalue weighted by Crippen LogP contribution is -2.35. The zero-order chi connectivity index (χ0) is 17.4. The van der Waals surface area contributed by atoms with Gasteiger partial charge in [0.2, 0.25) is 0 Å². The SMILES string of the molecule is C[C@@H](c1ccccc1)N1CC[C@H](CN2C(=O)c3ccccc3C2=O)C1. The highest BCUT2D eigenvalue weighted by molar-refractivity contribution is 6.21. The molecule has 2 aromatic rings. The Kier molecular flexibility index (Phi) is 4.14. The molecule has 2 aliphatic rings. The van der Waals surface area contributed by atoms with Crippen LogP contribution in [0.5, 0.6) is 0 Å². The van der Waals surface area contributed by atoms with Gasteiger partial charge in [-0.15, -0.1) is 0 Å². The van der Waals surface area contributed by atoms with E-state index in [1.807, 2.05) is 18.2 Å². The van der Waals surface area contributed by atoms with Crippen LogP contribution in [0.3, 0.4) is 0 Å². The summed E-state index contributed by atoms with van der Waals surface area (Å²) in [5, 5.41) is 0. The minimum Gasteiger partial charge on any atom is -0.296 e. The van der Waals surface area contributed by atoms with Gasteiger partial charge in [0.25, 0.3) is 11.8 Å². The van der Waals surface area contributed by atoms with E-state index in [-0.39, 0.29) is 11.8 Å². The van der Waals surface area contributed by atoms with E-state index in [1.165, 1.54) is 10.5 Å². The minimum absolute atomic E-state index is 0.143. The number of imide groups is 1. The molecule has 4 rings (SSSR count). The highest BCUT2D eigenvalue weighted by Crippen LogP contribution is 2.30. The van der Waals surface area contributed by atoms with Crippen LogP contribution in [-0.4, -0.2) is 41.2 Å². The molecule has 128 valence electrons. The first-order valence-electron chi connectivity index (χ1n) is 8.89. The number of carbonyl (C=O) groups excluding carboxylic acids is 2. The van der Waals surface area contributed by atoms with Crippen LogP contribution >= 0.6 is 0 Å². The molecule has 0 bridgehead atoms. The van der Waals surface area contributed by atoms with E-state index in [0.717, 1.165) is 19.5 Å². The number of benzene rings is 2. The van der Waals surface area contributed by atoms with Gasteiger partial charge >= 0.3 is 0 Å². The predicted molar refractivity (Wildman–Crippen MR) is 96.3 cm³/mol. The number of hydrogen-bond donors (Lipinski definition) is 0. The van der Waals surface area contributed by atoms with E-state index >= 15 is 0 Å². The van der Waals surface area contributed by atoms with Gasteiger partial charge in [0, 0.05) is 19.1 Å². The van der Waals surface area contributed by atoms with Crippen molar-refractivity contribution in [3.05, 3.63) is 71.3 Å². The van der Waals surface area contributed by atoms with E-state index in [4.69, 9.17) is 0 Å². The molecule has 0 aromatic heterocycles. The molecule has 0 radical (unpaired) electrons. The largest absolute Gasteiger partial charge is 0.296 e. The molecule has 4 heteroatoms. The lowest BCUT2D eigenvalue weighted by molar-refractivity contribution is 0.0629. The van der Waals surface area contributed by atoms with E-state index in [0.29, 0.717) is 29.6 Å². The summed E-state index contributed by atoms with van der Waals surface area (Å²) in [4.78, 5) is 28.9. The number of hydrogen-bond acceptors (Lipinski definition) is 3. The van der Waals surface area contributed by atoms with Gasteiger partial charge in [-0.3, -0.25) is 19.4 Å². The second kappa shape index (κ2) is 6.45. The monoisotopic (exact) mass is 334 g/mol. The smallest absolute Gasteiger partial charge is 0.261 e. The fourth-order valence-corrected chi connectivity index (χ4v) is 3.97. The van der Waals surface area contributed by atoms with Crippen molar-refractivity contribution < 1.29 is 9.59 Å². The number of carbonyl (C=O) groups is 2. The Morgan fingerprint density at radius 1 is 0.960 bits per heavy atom. The maximum Gasteiger partial charge on any atom is 0.261 e. The van der Waals surface area contributed by atoms with Gasteiger partial charge in [-0.2, -0.15) is 0 Å². The topological polar surface area (TPSA) is 40.6 Å². The standard InChI is InChI=1S/C21H22N2O2/c1-15(17-7-3-2-4-8-17)22-12-11-16(13-22)14-23-20(24)18-9-5-6-10-19(18)21(23)25/h2-10,15-16H,11-14H2,1H3/t15-,16-/m0/s1. The van der Waals surface area contributed by atoms with Crippen molar-refractivity contribution in [1.29, 1.82) is 0 Å². The molecule has 0 unspecified atom stereocenters. The molecule has 1 saturated heterocycles. The molecule has 2 heterocycles. The van der Waals surface area contributed by atoms with E-state index in [1.54, 1.807) is 12.1 Å². The van der Waals surface area contributed by atoms with Crippen molar-refractivity contribution in [2.45, 2.75) is 19.4 Å². The number of nitrogens with zero attached hydrogens (tertiary/aromatic N) is 2. The van der Waals surface area contributed by atoms with Crippen LogP contribution in [0.4, 0.5) is 0 Å². The van der Waals surface area contributed by atoms with Gasteiger partial charge in [0.1, 0.15) is 0 Å². The van der Waals surface area contributed by atoms with E-state index in [2.05, 4.69) is 36.1 Å². The van der Waals surface area contributed by atoms with Crippen LogP contribution in [-0.2, 0) is 0 Å². The first-order valence-corrected chi connectivity index (χ1v) is 8.89. The van der Waals surface area contributed by atoms with Crippen LogP contribution < -0.4 is 0 Å². The van der Waals surface area contributed by atoms with Crippen molar-refractivity contribution in [1.82, 2.24) is 9.80 Å². The Morgan fingerprint density at radius 3 is 2.20 bits per heavy atom. The van der Waals surface area contributed by atoms with Gasteiger partial charge in [-0.05, 0) is 43.5 Å². The van der Waals surface area contributed by atoms with Crippen LogP contribution in [0.25, 0.3) is 0 Å². The molecule has 2 aromatic carbocycles. The zero-order valence-electron chi connectivity index (χ0n) is 14.4. The Morgan fingerprint density at radius 2 is 1.56 bits per heavy atom. The van der Waals surface area contributed by atoms with Crippen molar-refractivity contribution in [2.24, 2.45) is 5.92 Å². The Bertz CT molecular complexity index is 768. The first kappa shape index (κ1) is 16.0. The summed E-state index contributed by atoms with van der Waals surface area (Å²) in [5.74, 6) is 0.0543. The third-order valence-corrected chi connectivity index (χ3v) is 5.47. The summed E-state index contributed by atoms with van der Waals surface area (Å²) in [6.45, 7) is 4.66. The van der Waals surface area contributed by atoms with Gasteiger partial charge in [0.15, 0.2) is 0 Å². The number of fused-ring (bicyclic) bond motifs is 1. The Balaban J connectivity index is 1.42. The summed E-state index contributed by atoms with van der Waals surface area (Å²) in [6, 6.07) is 17.9. The van der Waals surface area contributed by atoms with Crippen molar-refractivity contribution in [2.75, 3.05) is 19.6 Å². The molecule has 0 saturated carbocycles. The average molecular weight is 334 g/mol. The summed E-state index contributed by atoms with van der Waals surface area (Å²) >= 11 is 0. The molecule has 2 atom stereocenters. The summed E-state index contributed by atoms with van der Waals surface area (Å²) in [7, 11) is 0. The second-order valence-electron chi connectivity index (χ2n) is 7.00. The van der Waals surface area contributed by atoms with E-state index in [9.17, 15) is 9.59 Å². The Labute approximate surface area is 148 Å². The number of likely N-dealkylation sites (tertiary alicyclic amines) is 1. The molecule has 0 N–H and O–H groups in total. The molecule has 0 spiro atoms. The van der Waals surface area contributed by atoms with Gasteiger partial charge in [-0.25, -0.2) is 0 Å². The predicted octanol–water partition coefficient (Wildman–Crippen LogP) is 3.37. The first-order chi connectivity index (χ1) is 12.1. The molecule has 25 heavy (non-hydrogen) atoms. The van der Waals surface area contributed by atoms with Crippen molar-refractivity contribution >= 4 is 11.8 Å². The van der Waals surface area contributed by atoms with Gasteiger partial charge in [0.05, 0.1) is 11.1 Å². The molecule has 4 nitrogen and oxygen atoms in total. The van der Waals surface area contributed by atoms with Crippen LogP contribution in [0, 0.1) is 5.92 Å². The Hall–Kier alpha value is -2.46. The molecular weight excluding hydrogens is 312 g/mol. The van der Waals surface area contributed by atoms with Crippen molar-refractivity contribution in [3.8, 4) is 0 Å². The lowest BCUT2D eigenvalue weighted by Gasteiger charge is -2.25. The van der Waals surface area contributed by atoms with Crippen LogP contribution in [0.15, 0.2) is 54.6 Å². The average Bonchev–Trinajstić information content (AvgIpc) is 3.22. The fourth-order valence-electron chi connectivity index (χ4n) is 3.97. The summed E-state index contributed by atoms with van der Waals surface area (Å²) < 4.78 is 0. The van der Waals surface area contributed by atoms with E-state index < -0.39 is 0 Å². The quantitative estimate of drug-likeness (QED) is 0.805. The van der Waals surface area contributed by atoms with Crippen LogP contribution in [0.2, 0.25) is 0 Å². The second-order valence-corrected chi connectivity index (χ2v) is 7.00. The normalized spacial score (nSPS) is 21.6. The van der Waals surface area contributed by atoms with Crippen molar-refractivity contribution in [3.63, 3.8) is 0 Å². The van der Waals surface area contributed by atoms with Crippen LogP contribution in [0.1, 0.15) is 45.7 Å². The summed E-state index contributed by atoms with van der Waals surface area (Å²) in [5.41, 5.74) is 2.39. The van der Waals surface area contributed by atoms with Gasteiger partial charge < -0.3 is 0 Å². The maximum atomic E-state index is 12.5. The third-order valence-electron chi connectivity index (χ3n) is 5.47. The molecule has 1 fully saturated rings. The highest BCUT2D eigenvalue weighted by Gasteiger charge is 2.38. The molecule has 2 aliphatic heterocycles. The number of rotatable bonds is 4. The number of amides is 2. The molecular formula is C21H22N2O2. The molecule has 2 amide bonds. The minimum atomic E-state index is -0.143. The third kappa shape index (κ3) is 2.87. The van der Waals surface area contributed by atoms with Gasteiger partial charge in [-0.1, -0.05) is 42.5 Å². The fraction of sp³-hybridized carbons (Fsp3) is 0.333. The zero-order valence-corrected chi connectivity index (χ0v) is 14.4. The maximum absolute atomic E-state index is 12.5. The molecule has 0 aliphatic carbocycles.